The summed E-state index contributed by atoms with van der Waals surface area (Å²) < 4.78 is 10.7. The van der Waals surface area contributed by atoms with E-state index in [1.807, 2.05) is 36.4 Å². The maximum Gasteiger partial charge on any atom is 0.419 e. The van der Waals surface area contributed by atoms with Crippen LogP contribution in [0.1, 0.15) is 17.4 Å². The Bertz CT molecular complexity index is 743. The first-order valence-corrected chi connectivity index (χ1v) is 7.07. The van der Waals surface area contributed by atoms with Crippen LogP contribution in [0.3, 0.4) is 0 Å². The molecule has 0 N–H and O–H groups in total. The van der Waals surface area contributed by atoms with Gasteiger partial charge in [-0.25, -0.2) is 9.59 Å². The van der Waals surface area contributed by atoms with Crippen molar-refractivity contribution >= 4 is 12.1 Å². The number of hydrogen-bond donors (Lipinski definition) is 0. The van der Waals surface area contributed by atoms with Crippen molar-refractivity contribution in [3.8, 4) is 5.75 Å². The first kappa shape index (κ1) is 12.9. The molecule has 0 aromatic heterocycles. The molecule has 0 bridgehead atoms. The fourth-order valence-corrected chi connectivity index (χ4v) is 2.90. The monoisotopic (exact) mass is 295 g/mol. The third-order valence-corrected chi connectivity index (χ3v) is 3.95. The average molecular weight is 295 g/mol. The van der Waals surface area contributed by atoms with Gasteiger partial charge in [-0.05, 0) is 17.7 Å². The molecule has 110 valence electrons. The molecule has 2 atom stereocenters. The summed E-state index contributed by atoms with van der Waals surface area (Å²) in [6, 6.07) is 16.0. The lowest BCUT2D eigenvalue weighted by Gasteiger charge is -2.30. The van der Waals surface area contributed by atoms with Gasteiger partial charge in [0.25, 0.3) is 0 Å². The van der Waals surface area contributed by atoms with E-state index in [2.05, 4.69) is 0 Å². The Hall–Kier alpha value is -2.82. The second-order valence-electron chi connectivity index (χ2n) is 5.31. The van der Waals surface area contributed by atoms with Crippen LogP contribution in [0.15, 0.2) is 54.6 Å². The van der Waals surface area contributed by atoms with E-state index < -0.39 is 24.3 Å². The van der Waals surface area contributed by atoms with Crippen molar-refractivity contribution in [3.05, 3.63) is 65.7 Å². The highest BCUT2D eigenvalue weighted by Gasteiger charge is 2.50. The molecule has 1 fully saturated rings. The van der Waals surface area contributed by atoms with E-state index in [0.29, 0.717) is 17.7 Å². The first-order valence-electron chi connectivity index (χ1n) is 7.07. The van der Waals surface area contributed by atoms with Gasteiger partial charge in [-0.1, -0.05) is 42.5 Å². The van der Waals surface area contributed by atoms with Crippen LogP contribution in [0.5, 0.6) is 5.75 Å². The van der Waals surface area contributed by atoms with E-state index >= 15 is 0 Å². The molecule has 2 aliphatic heterocycles. The van der Waals surface area contributed by atoms with E-state index in [-0.39, 0.29) is 0 Å². The van der Waals surface area contributed by atoms with Crippen LogP contribution in [0.4, 0.5) is 4.79 Å². The topological polar surface area (TPSA) is 55.8 Å². The number of rotatable bonds is 2. The number of nitrogens with zero attached hydrogens (tertiary/aromatic N) is 1. The first-order chi connectivity index (χ1) is 10.7. The third-order valence-electron chi connectivity index (χ3n) is 3.95. The zero-order chi connectivity index (χ0) is 15.1. The summed E-state index contributed by atoms with van der Waals surface area (Å²) in [7, 11) is 0. The summed E-state index contributed by atoms with van der Waals surface area (Å²) in [5.74, 6) is 0.0458. The van der Waals surface area contributed by atoms with E-state index in [0.717, 1.165) is 5.56 Å². The highest BCUT2D eigenvalue weighted by molar-refractivity contribution is 5.87. The predicted molar refractivity (Wildman–Crippen MR) is 77.1 cm³/mol. The molecular weight excluding hydrogens is 282 g/mol. The lowest BCUT2D eigenvalue weighted by molar-refractivity contribution is -0.143. The minimum atomic E-state index is -0.696. The van der Waals surface area contributed by atoms with Crippen molar-refractivity contribution < 1.29 is 19.1 Å². The number of hydrogen-bond acceptors (Lipinski definition) is 4. The normalized spacial score (nSPS) is 22.6. The van der Waals surface area contributed by atoms with Crippen LogP contribution in [0, 0.1) is 0 Å². The molecular formula is C17H13NO4. The van der Waals surface area contributed by atoms with Crippen LogP contribution in [-0.4, -0.2) is 23.0 Å². The van der Waals surface area contributed by atoms with Crippen molar-refractivity contribution in [1.82, 2.24) is 4.90 Å². The van der Waals surface area contributed by atoms with Gasteiger partial charge in [-0.15, -0.1) is 0 Å². The van der Waals surface area contributed by atoms with Crippen LogP contribution in [-0.2, 0) is 16.0 Å². The summed E-state index contributed by atoms with van der Waals surface area (Å²) in [6.07, 6.45) is -0.831. The number of carbonyl (C=O) groups is 2. The zero-order valence-corrected chi connectivity index (χ0v) is 11.6. The molecule has 0 spiro atoms. The van der Waals surface area contributed by atoms with Crippen molar-refractivity contribution in [2.75, 3.05) is 0 Å². The molecule has 0 saturated carbocycles. The SMILES string of the molecule is O=C1O[C@@H]2c3ccccc3OC(=O)N2[C@H]1Cc1ccccc1. The molecule has 0 radical (unpaired) electrons. The molecule has 2 heterocycles. The second-order valence-corrected chi connectivity index (χ2v) is 5.31. The minimum Gasteiger partial charge on any atom is -0.435 e. The molecule has 0 unspecified atom stereocenters. The molecule has 2 aromatic carbocycles. The highest BCUT2D eigenvalue weighted by Crippen LogP contribution is 2.41. The van der Waals surface area contributed by atoms with Gasteiger partial charge in [0.2, 0.25) is 6.23 Å². The van der Waals surface area contributed by atoms with Gasteiger partial charge in [0.1, 0.15) is 11.8 Å². The molecule has 0 aliphatic carbocycles. The van der Waals surface area contributed by atoms with Crippen molar-refractivity contribution in [2.45, 2.75) is 18.7 Å². The molecule has 2 aliphatic rings. The smallest absolute Gasteiger partial charge is 0.419 e. The van der Waals surface area contributed by atoms with E-state index in [9.17, 15) is 9.59 Å². The second kappa shape index (κ2) is 4.87. The average Bonchev–Trinajstić information content (AvgIpc) is 2.86. The summed E-state index contributed by atoms with van der Waals surface area (Å²) in [6.45, 7) is 0. The lowest BCUT2D eigenvalue weighted by Crippen LogP contribution is -2.44. The van der Waals surface area contributed by atoms with Crippen molar-refractivity contribution in [3.63, 3.8) is 0 Å². The van der Waals surface area contributed by atoms with E-state index in [1.54, 1.807) is 18.2 Å². The van der Waals surface area contributed by atoms with Gasteiger partial charge in [0, 0.05) is 6.42 Å². The number of ether oxygens (including phenoxy) is 2. The number of para-hydroxylation sites is 1. The fraction of sp³-hybridized carbons (Fsp3) is 0.176. The Morgan fingerprint density at radius 1 is 0.955 bits per heavy atom. The number of amides is 1. The quantitative estimate of drug-likeness (QED) is 0.799. The molecule has 1 saturated heterocycles. The summed E-state index contributed by atoms with van der Waals surface area (Å²) in [4.78, 5) is 25.9. The molecule has 1 amide bonds. The Balaban J connectivity index is 1.69. The number of benzene rings is 2. The van der Waals surface area contributed by atoms with Gasteiger partial charge in [0.05, 0.1) is 5.56 Å². The van der Waals surface area contributed by atoms with Gasteiger partial charge in [-0.3, -0.25) is 4.90 Å². The Kier molecular flexibility index (Phi) is 2.85. The van der Waals surface area contributed by atoms with E-state index in [1.165, 1.54) is 4.90 Å². The highest BCUT2D eigenvalue weighted by atomic mass is 16.6. The maximum atomic E-state index is 12.3. The number of carbonyl (C=O) groups excluding carboxylic acids is 2. The third kappa shape index (κ3) is 1.94. The van der Waals surface area contributed by atoms with E-state index in [4.69, 9.17) is 9.47 Å². The van der Waals surface area contributed by atoms with Crippen LogP contribution < -0.4 is 4.74 Å². The van der Waals surface area contributed by atoms with Gasteiger partial charge in [-0.2, -0.15) is 0 Å². The van der Waals surface area contributed by atoms with Crippen LogP contribution in [0.2, 0.25) is 0 Å². The van der Waals surface area contributed by atoms with Crippen molar-refractivity contribution in [2.24, 2.45) is 0 Å². The summed E-state index contributed by atoms with van der Waals surface area (Å²) in [5, 5.41) is 0. The largest absolute Gasteiger partial charge is 0.435 e. The van der Waals surface area contributed by atoms with Gasteiger partial charge < -0.3 is 9.47 Å². The summed E-state index contributed by atoms with van der Waals surface area (Å²) >= 11 is 0. The van der Waals surface area contributed by atoms with Crippen molar-refractivity contribution in [1.29, 1.82) is 0 Å². The Morgan fingerprint density at radius 2 is 1.68 bits per heavy atom. The van der Waals surface area contributed by atoms with Gasteiger partial charge in [0.15, 0.2) is 0 Å². The standard InChI is InChI=1S/C17H13NO4/c19-16-13(10-11-6-2-1-3-7-11)18-15(22-16)12-8-4-5-9-14(12)21-17(18)20/h1-9,13,15H,10H2/t13-,15+/m0/s1. The molecule has 22 heavy (non-hydrogen) atoms. The predicted octanol–water partition coefficient (Wildman–Crippen LogP) is 2.67. The van der Waals surface area contributed by atoms with Crippen LogP contribution in [0.25, 0.3) is 0 Å². The van der Waals surface area contributed by atoms with Crippen LogP contribution >= 0.6 is 0 Å². The molecule has 4 rings (SSSR count). The minimum absolute atomic E-state index is 0.400. The summed E-state index contributed by atoms with van der Waals surface area (Å²) in [5.41, 5.74) is 1.67. The maximum absolute atomic E-state index is 12.3. The molecule has 5 nitrogen and oxygen atoms in total. The molecule has 5 heteroatoms. The molecule has 2 aromatic rings. The Labute approximate surface area is 127 Å². The fourth-order valence-electron chi connectivity index (χ4n) is 2.90. The number of fused-ring (bicyclic) bond motifs is 3. The lowest BCUT2D eigenvalue weighted by atomic mass is 10.0. The Morgan fingerprint density at radius 3 is 2.50 bits per heavy atom. The van der Waals surface area contributed by atoms with Gasteiger partial charge >= 0.3 is 12.1 Å². The number of esters is 1. The zero-order valence-electron chi connectivity index (χ0n) is 11.6.